The van der Waals surface area contributed by atoms with E-state index >= 15 is 0 Å². The molecule has 0 aliphatic carbocycles. The molecule has 1 amide bonds. The van der Waals surface area contributed by atoms with Crippen LogP contribution in [0.4, 0.5) is 0 Å². The first-order valence-electron chi connectivity index (χ1n) is 10.1. The Balaban J connectivity index is 1.34. The first kappa shape index (κ1) is 22.5. The molecule has 10 heteroatoms. The Hall–Kier alpha value is -2.72. The standard InChI is InChI=1S/C22H23ClN4O4S/c23-21-4-2-1-3-18(21)15-26-16-19(14-25-26)22(28)24-13-17-5-7-20(8-6-17)32(29,30)27-9-11-31-12-10-27/h1-8,14,16H,9-13,15H2,(H,24,28). The smallest absolute Gasteiger partial charge is 0.254 e. The van der Waals surface area contributed by atoms with E-state index in [1.54, 1.807) is 35.1 Å². The van der Waals surface area contributed by atoms with E-state index < -0.39 is 10.0 Å². The van der Waals surface area contributed by atoms with E-state index in [0.717, 1.165) is 11.1 Å². The molecule has 168 valence electrons. The molecule has 8 nitrogen and oxygen atoms in total. The molecule has 0 saturated carbocycles. The third kappa shape index (κ3) is 5.18. The number of sulfonamides is 1. The van der Waals surface area contributed by atoms with Gasteiger partial charge >= 0.3 is 0 Å². The van der Waals surface area contributed by atoms with Crippen molar-refractivity contribution in [3.05, 3.63) is 82.6 Å². The molecule has 0 spiro atoms. The summed E-state index contributed by atoms with van der Waals surface area (Å²) in [5.41, 5.74) is 2.14. The number of morpholine rings is 1. The number of hydrogen-bond donors (Lipinski definition) is 1. The second kappa shape index (κ2) is 9.83. The van der Waals surface area contributed by atoms with E-state index in [1.807, 2.05) is 24.3 Å². The lowest BCUT2D eigenvalue weighted by atomic mass is 10.2. The Bertz CT molecular complexity index is 1190. The highest BCUT2D eigenvalue weighted by atomic mass is 35.5. The second-order valence-corrected chi connectivity index (χ2v) is 9.71. The molecular weight excluding hydrogens is 452 g/mol. The van der Waals surface area contributed by atoms with E-state index in [9.17, 15) is 13.2 Å². The minimum Gasteiger partial charge on any atom is -0.379 e. The summed E-state index contributed by atoms with van der Waals surface area (Å²) in [7, 11) is -3.53. The number of carbonyl (C=O) groups is 1. The number of nitrogens with zero attached hydrogens (tertiary/aromatic N) is 3. The zero-order chi connectivity index (χ0) is 22.6. The maximum atomic E-state index is 12.7. The summed E-state index contributed by atoms with van der Waals surface area (Å²) in [5, 5.41) is 7.71. The van der Waals surface area contributed by atoms with Crippen LogP contribution < -0.4 is 5.32 Å². The minimum absolute atomic E-state index is 0.232. The first-order valence-corrected chi connectivity index (χ1v) is 12.0. The Morgan fingerprint density at radius 3 is 2.53 bits per heavy atom. The zero-order valence-electron chi connectivity index (χ0n) is 17.3. The molecule has 0 unspecified atom stereocenters. The van der Waals surface area contributed by atoms with Crippen molar-refractivity contribution >= 4 is 27.5 Å². The van der Waals surface area contributed by atoms with Crippen molar-refractivity contribution in [3.63, 3.8) is 0 Å². The number of nitrogens with one attached hydrogen (secondary N) is 1. The molecule has 32 heavy (non-hydrogen) atoms. The third-order valence-electron chi connectivity index (χ3n) is 5.17. The largest absolute Gasteiger partial charge is 0.379 e. The molecule has 2 aromatic carbocycles. The van der Waals surface area contributed by atoms with Crippen molar-refractivity contribution in [1.29, 1.82) is 0 Å². The van der Waals surface area contributed by atoms with Gasteiger partial charge in [-0.3, -0.25) is 9.48 Å². The van der Waals surface area contributed by atoms with Gasteiger partial charge in [-0.1, -0.05) is 41.9 Å². The molecule has 1 aliphatic heterocycles. The van der Waals surface area contributed by atoms with Crippen molar-refractivity contribution in [2.24, 2.45) is 0 Å². The van der Waals surface area contributed by atoms with E-state index in [0.29, 0.717) is 43.4 Å². The Kier molecular flexibility index (Phi) is 6.90. The van der Waals surface area contributed by atoms with Gasteiger partial charge in [-0.05, 0) is 29.3 Å². The highest BCUT2D eigenvalue weighted by molar-refractivity contribution is 7.89. The quantitative estimate of drug-likeness (QED) is 0.568. The molecule has 0 atom stereocenters. The highest BCUT2D eigenvalue weighted by Crippen LogP contribution is 2.18. The van der Waals surface area contributed by atoms with E-state index in [2.05, 4.69) is 10.4 Å². The number of amides is 1. The molecule has 1 aliphatic rings. The molecule has 3 aromatic rings. The number of ether oxygens (including phenoxy) is 1. The number of aromatic nitrogens is 2. The number of rotatable bonds is 7. The van der Waals surface area contributed by atoms with Gasteiger partial charge in [-0.25, -0.2) is 8.42 Å². The fourth-order valence-corrected chi connectivity index (χ4v) is 4.97. The lowest BCUT2D eigenvalue weighted by Crippen LogP contribution is -2.40. The van der Waals surface area contributed by atoms with Crippen LogP contribution in [0.3, 0.4) is 0 Å². The summed E-state index contributed by atoms with van der Waals surface area (Å²) >= 11 is 6.18. The fraction of sp³-hybridized carbons (Fsp3) is 0.273. The predicted molar refractivity (Wildman–Crippen MR) is 120 cm³/mol. The molecule has 1 fully saturated rings. The van der Waals surface area contributed by atoms with Gasteiger partial charge in [0, 0.05) is 30.9 Å². The van der Waals surface area contributed by atoms with Crippen LogP contribution in [-0.2, 0) is 27.8 Å². The molecule has 4 rings (SSSR count). The summed E-state index contributed by atoms with van der Waals surface area (Å²) < 4.78 is 33.7. The van der Waals surface area contributed by atoms with Crippen molar-refractivity contribution in [2.45, 2.75) is 18.0 Å². The minimum atomic E-state index is -3.53. The third-order valence-corrected chi connectivity index (χ3v) is 7.45. The van der Waals surface area contributed by atoms with Crippen molar-refractivity contribution < 1.29 is 17.9 Å². The average Bonchev–Trinajstić information content (AvgIpc) is 3.28. The summed E-state index contributed by atoms with van der Waals surface area (Å²) in [6.07, 6.45) is 3.17. The first-order chi connectivity index (χ1) is 15.4. The lowest BCUT2D eigenvalue weighted by molar-refractivity contribution is 0.0730. The van der Waals surface area contributed by atoms with Crippen molar-refractivity contribution in [3.8, 4) is 0 Å². The van der Waals surface area contributed by atoms with Crippen LogP contribution in [0, 0.1) is 0 Å². The highest BCUT2D eigenvalue weighted by Gasteiger charge is 2.26. The topological polar surface area (TPSA) is 93.5 Å². The number of benzene rings is 2. The number of carbonyl (C=O) groups excluding carboxylic acids is 1. The van der Waals surface area contributed by atoms with Crippen LogP contribution in [0.1, 0.15) is 21.5 Å². The van der Waals surface area contributed by atoms with Gasteiger partial charge in [0.2, 0.25) is 10.0 Å². The van der Waals surface area contributed by atoms with Gasteiger partial charge in [0.25, 0.3) is 5.91 Å². The second-order valence-electron chi connectivity index (χ2n) is 7.36. The van der Waals surface area contributed by atoms with Crippen LogP contribution in [-0.4, -0.2) is 54.7 Å². The van der Waals surface area contributed by atoms with Crippen LogP contribution in [0.2, 0.25) is 5.02 Å². The van der Waals surface area contributed by atoms with Crippen molar-refractivity contribution in [1.82, 2.24) is 19.4 Å². The lowest BCUT2D eigenvalue weighted by Gasteiger charge is -2.26. The van der Waals surface area contributed by atoms with E-state index in [4.69, 9.17) is 16.3 Å². The normalized spacial score (nSPS) is 14.9. The van der Waals surface area contributed by atoms with Crippen molar-refractivity contribution in [2.75, 3.05) is 26.3 Å². The molecular formula is C22H23ClN4O4S. The van der Waals surface area contributed by atoms with Gasteiger partial charge in [-0.2, -0.15) is 9.40 Å². The summed E-state index contributed by atoms with van der Waals surface area (Å²) in [4.78, 5) is 12.7. The molecule has 1 aromatic heterocycles. The van der Waals surface area contributed by atoms with E-state index in [1.165, 1.54) is 10.5 Å². The van der Waals surface area contributed by atoms with Crippen LogP contribution in [0.5, 0.6) is 0 Å². The maximum Gasteiger partial charge on any atom is 0.254 e. The van der Waals surface area contributed by atoms with Gasteiger partial charge in [0.1, 0.15) is 0 Å². The molecule has 0 radical (unpaired) electrons. The van der Waals surface area contributed by atoms with Crippen LogP contribution >= 0.6 is 11.6 Å². The average molecular weight is 475 g/mol. The van der Waals surface area contributed by atoms with Crippen LogP contribution in [0.15, 0.2) is 65.8 Å². The molecule has 1 N–H and O–H groups in total. The maximum absolute atomic E-state index is 12.7. The Morgan fingerprint density at radius 1 is 1.09 bits per heavy atom. The summed E-state index contributed by atoms with van der Waals surface area (Å²) in [6.45, 7) is 2.24. The number of halogens is 1. The molecule has 2 heterocycles. The molecule has 1 saturated heterocycles. The number of hydrogen-bond acceptors (Lipinski definition) is 5. The van der Waals surface area contributed by atoms with Gasteiger partial charge in [0.05, 0.1) is 36.4 Å². The van der Waals surface area contributed by atoms with Gasteiger partial charge in [0.15, 0.2) is 0 Å². The molecule has 0 bridgehead atoms. The summed E-state index contributed by atoms with van der Waals surface area (Å²) in [5.74, 6) is -0.263. The summed E-state index contributed by atoms with van der Waals surface area (Å²) in [6, 6.07) is 14.0. The van der Waals surface area contributed by atoms with Gasteiger partial charge in [-0.15, -0.1) is 0 Å². The SMILES string of the molecule is O=C(NCc1ccc(S(=O)(=O)N2CCOCC2)cc1)c1cnn(Cc2ccccc2Cl)c1. The monoisotopic (exact) mass is 474 g/mol. The van der Waals surface area contributed by atoms with E-state index in [-0.39, 0.29) is 17.3 Å². The Morgan fingerprint density at radius 2 is 1.81 bits per heavy atom. The van der Waals surface area contributed by atoms with Gasteiger partial charge < -0.3 is 10.1 Å². The predicted octanol–water partition coefficient (Wildman–Crippen LogP) is 2.54. The fourth-order valence-electron chi connectivity index (χ4n) is 3.37. The zero-order valence-corrected chi connectivity index (χ0v) is 18.8. The Labute approximate surface area is 191 Å². The van der Waals surface area contributed by atoms with Crippen LogP contribution in [0.25, 0.3) is 0 Å².